The first-order chi connectivity index (χ1) is 14.1. The van der Waals surface area contributed by atoms with Crippen molar-refractivity contribution < 1.29 is 9.47 Å². The molecule has 0 radical (unpaired) electrons. The average Bonchev–Trinajstić information content (AvgIpc) is 2.64. The lowest BCUT2D eigenvalue weighted by Crippen LogP contribution is -2.45. The molecule has 0 bridgehead atoms. The maximum absolute atomic E-state index is 5.18. The lowest BCUT2D eigenvalue weighted by Gasteiger charge is -2.47. The molecular formula is C20H32N8O2. The van der Waals surface area contributed by atoms with Crippen molar-refractivity contribution in [2.45, 2.75) is 59.9 Å². The Morgan fingerprint density at radius 2 is 1.40 bits per heavy atom. The van der Waals surface area contributed by atoms with Gasteiger partial charge in [0.1, 0.15) is 11.6 Å². The quantitative estimate of drug-likeness (QED) is 0.697. The third-order valence-electron chi connectivity index (χ3n) is 5.27. The SMILES string of the molecule is COc1nc(C)nc(NCC2(C)CC(Nc3nc(C)nc(OC)n3)CC(C)(C)C2)n1. The van der Waals surface area contributed by atoms with Crippen LogP contribution in [0.3, 0.4) is 0 Å². The number of aryl methyl sites for hydroxylation is 2. The van der Waals surface area contributed by atoms with Crippen molar-refractivity contribution in [3.63, 3.8) is 0 Å². The fourth-order valence-electron chi connectivity index (χ4n) is 4.59. The molecule has 1 saturated carbocycles. The van der Waals surface area contributed by atoms with Crippen LogP contribution >= 0.6 is 0 Å². The van der Waals surface area contributed by atoms with Gasteiger partial charge < -0.3 is 20.1 Å². The summed E-state index contributed by atoms with van der Waals surface area (Å²) in [4.78, 5) is 25.8. The monoisotopic (exact) mass is 416 g/mol. The van der Waals surface area contributed by atoms with Gasteiger partial charge in [0.15, 0.2) is 0 Å². The van der Waals surface area contributed by atoms with Crippen LogP contribution in [0.15, 0.2) is 0 Å². The first-order valence-electron chi connectivity index (χ1n) is 10.1. The lowest BCUT2D eigenvalue weighted by atomic mass is 9.62. The summed E-state index contributed by atoms with van der Waals surface area (Å²) in [5.41, 5.74) is 0.185. The van der Waals surface area contributed by atoms with Crippen LogP contribution in [0.4, 0.5) is 11.9 Å². The smallest absolute Gasteiger partial charge is 0.321 e. The van der Waals surface area contributed by atoms with Crippen LogP contribution < -0.4 is 20.1 Å². The highest BCUT2D eigenvalue weighted by Gasteiger charge is 2.41. The van der Waals surface area contributed by atoms with Crippen LogP contribution in [0.2, 0.25) is 0 Å². The first-order valence-corrected chi connectivity index (χ1v) is 10.1. The zero-order chi connectivity index (χ0) is 21.9. The van der Waals surface area contributed by atoms with E-state index in [9.17, 15) is 0 Å². The predicted molar refractivity (Wildman–Crippen MR) is 114 cm³/mol. The summed E-state index contributed by atoms with van der Waals surface area (Å²) < 4.78 is 10.3. The van der Waals surface area contributed by atoms with E-state index in [0.717, 1.165) is 25.8 Å². The van der Waals surface area contributed by atoms with Gasteiger partial charge in [-0.25, -0.2) is 0 Å². The van der Waals surface area contributed by atoms with E-state index in [1.165, 1.54) is 0 Å². The maximum Gasteiger partial charge on any atom is 0.321 e. The van der Waals surface area contributed by atoms with Crippen molar-refractivity contribution in [1.82, 2.24) is 29.9 Å². The first kappa shape index (κ1) is 21.9. The Balaban J connectivity index is 1.73. The number of ether oxygens (including phenoxy) is 2. The fraction of sp³-hybridized carbons (Fsp3) is 0.700. The van der Waals surface area contributed by atoms with Crippen molar-refractivity contribution in [2.75, 3.05) is 31.4 Å². The third kappa shape index (κ3) is 5.64. The van der Waals surface area contributed by atoms with Crippen molar-refractivity contribution in [3.8, 4) is 12.0 Å². The van der Waals surface area contributed by atoms with Crippen molar-refractivity contribution >= 4 is 11.9 Å². The molecular weight excluding hydrogens is 384 g/mol. The van der Waals surface area contributed by atoms with Crippen LogP contribution in [0.5, 0.6) is 12.0 Å². The summed E-state index contributed by atoms with van der Waals surface area (Å²) in [5, 5.41) is 6.89. The number of aromatic nitrogens is 6. The minimum Gasteiger partial charge on any atom is -0.467 e. The number of rotatable bonds is 7. The Morgan fingerprint density at radius 1 is 0.833 bits per heavy atom. The lowest BCUT2D eigenvalue weighted by molar-refractivity contribution is 0.0994. The normalized spacial score (nSPS) is 23.0. The van der Waals surface area contributed by atoms with Crippen LogP contribution in [0, 0.1) is 24.7 Å². The van der Waals surface area contributed by atoms with Crippen LogP contribution in [-0.4, -0.2) is 56.7 Å². The molecule has 0 amide bonds. The van der Waals surface area contributed by atoms with Crippen LogP contribution in [0.1, 0.15) is 51.7 Å². The Kier molecular flexibility index (Phi) is 6.23. The Morgan fingerprint density at radius 3 is 2.00 bits per heavy atom. The molecule has 2 aromatic heterocycles. The highest BCUT2D eigenvalue weighted by atomic mass is 16.5. The molecule has 10 nitrogen and oxygen atoms in total. The fourth-order valence-corrected chi connectivity index (χ4v) is 4.59. The van der Waals surface area contributed by atoms with E-state index >= 15 is 0 Å². The summed E-state index contributed by atoms with van der Waals surface area (Å²) in [7, 11) is 3.11. The zero-order valence-electron chi connectivity index (χ0n) is 18.9. The number of nitrogens with one attached hydrogen (secondary N) is 2. The summed E-state index contributed by atoms with van der Waals surface area (Å²) in [6, 6.07) is 0.864. The molecule has 1 fully saturated rings. The topological polar surface area (TPSA) is 120 Å². The van der Waals surface area contributed by atoms with E-state index in [-0.39, 0.29) is 16.9 Å². The van der Waals surface area contributed by atoms with Gasteiger partial charge in [-0.05, 0) is 43.9 Å². The molecule has 0 spiro atoms. The highest BCUT2D eigenvalue weighted by molar-refractivity contribution is 5.29. The van der Waals surface area contributed by atoms with Crippen molar-refractivity contribution in [3.05, 3.63) is 11.6 Å². The molecule has 0 saturated heterocycles. The Hall–Kier alpha value is -2.78. The minimum absolute atomic E-state index is 0.0271. The van der Waals surface area contributed by atoms with Gasteiger partial charge in [0.2, 0.25) is 11.9 Å². The molecule has 1 aliphatic carbocycles. The summed E-state index contributed by atoms with van der Waals surface area (Å²) in [6.07, 6.45) is 3.05. The molecule has 3 rings (SSSR count). The Labute approximate surface area is 177 Å². The minimum atomic E-state index is 0.0271. The summed E-state index contributed by atoms with van der Waals surface area (Å²) in [5.74, 6) is 2.33. The maximum atomic E-state index is 5.18. The molecule has 30 heavy (non-hydrogen) atoms. The highest BCUT2D eigenvalue weighted by Crippen LogP contribution is 2.46. The van der Waals surface area contributed by atoms with E-state index in [4.69, 9.17) is 9.47 Å². The molecule has 2 N–H and O–H groups in total. The predicted octanol–water partition coefficient (Wildman–Crippen LogP) is 2.80. The van der Waals surface area contributed by atoms with Gasteiger partial charge in [-0.3, -0.25) is 0 Å². The van der Waals surface area contributed by atoms with Gasteiger partial charge in [0.05, 0.1) is 14.2 Å². The summed E-state index contributed by atoms with van der Waals surface area (Å²) in [6.45, 7) is 11.3. The number of nitrogens with zero attached hydrogens (tertiary/aromatic N) is 6. The third-order valence-corrected chi connectivity index (χ3v) is 5.27. The van der Waals surface area contributed by atoms with E-state index in [2.05, 4.69) is 61.3 Å². The van der Waals surface area contributed by atoms with Gasteiger partial charge in [0.25, 0.3) is 0 Å². The van der Waals surface area contributed by atoms with E-state index < -0.39 is 0 Å². The number of anilines is 2. The van der Waals surface area contributed by atoms with Gasteiger partial charge >= 0.3 is 12.0 Å². The molecule has 1 aliphatic rings. The molecule has 10 heteroatoms. The number of hydrogen-bond donors (Lipinski definition) is 2. The molecule has 2 aromatic rings. The van der Waals surface area contributed by atoms with E-state index in [0.29, 0.717) is 35.6 Å². The van der Waals surface area contributed by atoms with Crippen molar-refractivity contribution in [1.29, 1.82) is 0 Å². The molecule has 2 heterocycles. The van der Waals surface area contributed by atoms with E-state index in [1.54, 1.807) is 14.2 Å². The van der Waals surface area contributed by atoms with E-state index in [1.807, 2.05) is 13.8 Å². The second kappa shape index (κ2) is 8.53. The molecule has 164 valence electrons. The second-order valence-electron chi connectivity index (χ2n) is 9.14. The largest absolute Gasteiger partial charge is 0.467 e. The average molecular weight is 417 g/mol. The molecule has 0 aromatic carbocycles. The van der Waals surface area contributed by atoms with Crippen molar-refractivity contribution in [2.24, 2.45) is 10.8 Å². The molecule has 2 atom stereocenters. The molecule has 2 unspecified atom stereocenters. The number of hydrogen-bond acceptors (Lipinski definition) is 10. The molecule has 0 aliphatic heterocycles. The van der Waals surface area contributed by atoms with Gasteiger partial charge in [-0.2, -0.15) is 29.9 Å². The second-order valence-corrected chi connectivity index (χ2v) is 9.14. The van der Waals surface area contributed by atoms with Gasteiger partial charge in [0, 0.05) is 12.6 Å². The standard InChI is InChI=1S/C20H32N8O2/c1-12-22-15(27-17(24-12)29-6)21-11-20(5)9-14(8-19(3,4)10-20)26-16-23-13(2)25-18(28-16)30-7/h14H,8-11H2,1-7H3,(H,21,22,24,27)(H,23,25,26,28). The summed E-state index contributed by atoms with van der Waals surface area (Å²) >= 11 is 0. The Bertz CT molecular complexity index is 891. The number of methoxy groups -OCH3 is 2. The van der Waals surface area contributed by atoms with Gasteiger partial charge in [-0.1, -0.05) is 20.8 Å². The van der Waals surface area contributed by atoms with Crippen LogP contribution in [0.25, 0.3) is 0 Å². The van der Waals surface area contributed by atoms with Crippen LogP contribution in [-0.2, 0) is 0 Å². The van der Waals surface area contributed by atoms with Gasteiger partial charge in [-0.15, -0.1) is 0 Å². The zero-order valence-corrected chi connectivity index (χ0v) is 18.9.